The number of fused-ring (bicyclic) bond motifs is 2. The number of ether oxygens (including phenoxy) is 1. The Balaban J connectivity index is 1.57. The Bertz CT molecular complexity index is 1060. The number of hydrogen-bond donors (Lipinski definition) is 1. The molecule has 1 aromatic carbocycles. The lowest BCUT2D eigenvalue weighted by molar-refractivity contribution is -0.137. The first-order chi connectivity index (χ1) is 13.3. The third-order valence-corrected chi connectivity index (χ3v) is 5.00. The molecule has 2 aromatic heterocycles. The van der Waals surface area contributed by atoms with Crippen LogP contribution >= 0.6 is 0 Å². The molecule has 2 atom stereocenters. The monoisotopic (exact) mass is 390 g/mol. The van der Waals surface area contributed by atoms with E-state index in [1.165, 1.54) is 10.5 Å². The summed E-state index contributed by atoms with van der Waals surface area (Å²) in [5.41, 5.74) is 0.801. The van der Waals surface area contributed by atoms with Crippen LogP contribution in [0.25, 0.3) is 5.65 Å². The van der Waals surface area contributed by atoms with Crippen LogP contribution in [0, 0.1) is 0 Å². The van der Waals surface area contributed by atoms with Crippen LogP contribution in [-0.2, 0) is 12.7 Å². The van der Waals surface area contributed by atoms with Gasteiger partial charge >= 0.3 is 6.18 Å². The van der Waals surface area contributed by atoms with E-state index in [-0.39, 0.29) is 35.9 Å². The van der Waals surface area contributed by atoms with Crippen LogP contribution in [0.1, 0.15) is 47.1 Å². The fraction of sp³-hybridized carbons (Fsp3) is 0.316. The smallest absolute Gasteiger partial charge is 0.417 e. The second-order valence-electron chi connectivity index (χ2n) is 6.78. The molecule has 28 heavy (non-hydrogen) atoms. The Morgan fingerprint density at radius 1 is 1.21 bits per heavy atom. The number of carbonyl (C=O) groups excluding carboxylic acids is 1. The van der Waals surface area contributed by atoms with Gasteiger partial charge in [-0.05, 0) is 25.1 Å². The van der Waals surface area contributed by atoms with E-state index in [0.29, 0.717) is 11.3 Å². The van der Waals surface area contributed by atoms with Crippen LogP contribution in [-0.4, -0.2) is 26.6 Å². The molecule has 0 saturated carbocycles. The molecule has 0 bridgehead atoms. The van der Waals surface area contributed by atoms with E-state index in [9.17, 15) is 18.0 Å². The van der Waals surface area contributed by atoms with Crippen LogP contribution in [0.2, 0.25) is 0 Å². The maximum Gasteiger partial charge on any atom is 0.417 e. The number of pyridine rings is 1. The van der Waals surface area contributed by atoms with Gasteiger partial charge in [-0.2, -0.15) is 13.2 Å². The molecule has 4 rings (SSSR count). The highest BCUT2D eigenvalue weighted by atomic mass is 19.4. The number of halogens is 3. The molecule has 0 radical (unpaired) electrons. The van der Waals surface area contributed by atoms with E-state index in [2.05, 4.69) is 15.5 Å². The Morgan fingerprint density at radius 3 is 2.75 bits per heavy atom. The Morgan fingerprint density at radius 2 is 2.00 bits per heavy atom. The van der Waals surface area contributed by atoms with Gasteiger partial charge in [-0.15, -0.1) is 10.2 Å². The van der Waals surface area contributed by atoms with E-state index >= 15 is 0 Å². The lowest BCUT2D eigenvalue weighted by Crippen LogP contribution is -2.24. The molecule has 3 aromatic rings. The van der Waals surface area contributed by atoms with Crippen molar-refractivity contribution < 1.29 is 22.7 Å². The van der Waals surface area contributed by atoms with Gasteiger partial charge in [-0.1, -0.05) is 19.1 Å². The summed E-state index contributed by atoms with van der Waals surface area (Å²) in [5.74, 6) is 0.529. The van der Waals surface area contributed by atoms with Gasteiger partial charge in [0, 0.05) is 17.7 Å². The molecule has 1 amide bonds. The van der Waals surface area contributed by atoms with Crippen molar-refractivity contribution in [2.45, 2.75) is 38.6 Å². The number of amides is 1. The molecule has 0 saturated heterocycles. The first kappa shape index (κ1) is 18.3. The number of hydrogen-bond acceptors (Lipinski definition) is 4. The lowest BCUT2D eigenvalue weighted by Gasteiger charge is -2.10. The maximum absolute atomic E-state index is 12.9. The lowest BCUT2D eigenvalue weighted by atomic mass is 9.97. The van der Waals surface area contributed by atoms with Crippen LogP contribution in [0.5, 0.6) is 5.75 Å². The van der Waals surface area contributed by atoms with Crippen LogP contribution in [0.15, 0.2) is 36.5 Å². The minimum absolute atomic E-state index is 0.0369. The van der Waals surface area contributed by atoms with Gasteiger partial charge in [-0.25, -0.2) is 0 Å². The molecule has 6 nitrogen and oxygen atoms in total. The summed E-state index contributed by atoms with van der Waals surface area (Å²) in [7, 11) is 0. The third kappa shape index (κ3) is 3.06. The molecule has 146 valence electrons. The van der Waals surface area contributed by atoms with Crippen molar-refractivity contribution in [1.29, 1.82) is 0 Å². The molecule has 1 aliphatic rings. The van der Waals surface area contributed by atoms with Gasteiger partial charge in [0.1, 0.15) is 11.9 Å². The van der Waals surface area contributed by atoms with E-state index < -0.39 is 11.7 Å². The van der Waals surface area contributed by atoms with Gasteiger partial charge in [0.25, 0.3) is 5.91 Å². The van der Waals surface area contributed by atoms with E-state index in [1.807, 2.05) is 19.9 Å². The summed E-state index contributed by atoms with van der Waals surface area (Å²) >= 11 is 0. The maximum atomic E-state index is 12.9. The van der Waals surface area contributed by atoms with Gasteiger partial charge in [0.05, 0.1) is 17.7 Å². The van der Waals surface area contributed by atoms with Crippen molar-refractivity contribution in [2.24, 2.45) is 0 Å². The number of nitrogens with zero attached hydrogens (tertiary/aromatic N) is 3. The fourth-order valence-electron chi connectivity index (χ4n) is 3.25. The molecule has 0 fully saturated rings. The Kier molecular flexibility index (Phi) is 4.24. The minimum atomic E-state index is -4.48. The summed E-state index contributed by atoms with van der Waals surface area (Å²) in [4.78, 5) is 12.6. The molecule has 1 N–H and O–H groups in total. The zero-order chi connectivity index (χ0) is 20.1. The second kappa shape index (κ2) is 6.50. The van der Waals surface area contributed by atoms with Crippen LogP contribution in [0.3, 0.4) is 0 Å². The van der Waals surface area contributed by atoms with Gasteiger partial charge in [0.15, 0.2) is 11.5 Å². The van der Waals surface area contributed by atoms with E-state index in [1.54, 1.807) is 12.1 Å². The summed E-state index contributed by atoms with van der Waals surface area (Å²) in [6.45, 7) is 3.89. The number of aromatic nitrogens is 3. The molecular formula is C19H17F3N4O2. The van der Waals surface area contributed by atoms with Crippen molar-refractivity contribution in [3.05, 3.63) is 59.0 Å². The largest absolute Gasteiger partial charge is 0.489 e. The van der Waals surface area contributed by atoms with Crippen molar-refractivity contribution in [3.63, 3.8) is 0 Å². The number of para-hydroxylation sites is 1. The predicted octanol–water partition coefficient (Wildman–Crippen LogP) is 3.56. The number of rotatable bonds is 3. The number of carbonyl (C=O) groups is 1. The topological polar surface area (TPSA) is 68.5 Å². The number of nitrogens with one attached hydrogen (secondary N) is 1. The Hall–Kier alpha value is -3.10. The first-order valence-corrected chi connectivity index (χ1v) is 8.74. The zero-order valence-electron chi connectivity index (χ0n) is 15.1. The molecule has 3 heterocycles. The Labute approximate surface area is 158 Å². The molecule has 2 unspecified atom stereocenters. The zero-order valence-corrected chi connectivity index (χ0v) is 15.1. The number of benzene rings is 1. The van der Waals surface area contributed by atoms with E-state index in [0.717, 1.165) is 17.8 Å². The van der Waals surface area contributed by atoms with Gasteiger partial charge < -0.3 is 10.1 Å². The van der Waals surface area contributed by atoms with E-state index in [4.69, 9.17) is 4.74 Å². The molecule has 0 aliphatic carbocycles. The summed E-state index contributed by atoms with van der Waals surface area (Å²) < 4.78 is 45.9. The van der Waals surface area contributed by atoms with Crippen molar-refractivity contribution in [2.75, 3.05) is 0 Å². The second-order valence-corrected chi connectivity index (χ2v) is 6.78. The normalized spacial score (nSPS) is 18.8. The fourth-order valence-corrected chi connectivity index (χ4v) is 3.25. The average Bonchev–Trinajstić information content (AvgIpc) is 3.19. The predicted molar refractivity (Wildman–Crippen MR) is 94.1 cm³/mol. The third-order valence-electron chi connectivity index (χ3n) is 5.00. The molecule has 9 heteroatoms. The average molecular weight is 390 g/mol. The van der Waals surface area contributed by atoms with Gasteiger partial charge in [-0.3, -0.25) is 9.20 Å². The highest BCUT2D eigenvalue weighted by Gasteiger charge is 2.32. The van der Waals surface area contributed by atoms with Crippen molar-refractivity contribution in [3.8, 4) is 5.75 Å². The quantitative estimate of drug-likeness (QED) is 0.743. The van der Waals surface area contributed by atoms with Gasteiger partial charge in [0.2, 0.25) is 0 Å². The highest BCUT2D eigenvalue weighted by Crippen LogP contribution is 2.40. The highest BCUT2D eigenvalue weighted by molar-refractivity contribution is 5.97. The first-order valence-electron chi connectivity index (χ1n) is 8.74. The van der Waals surface area contributed by atoms with Crippen LogP contribution < -0.4 is 10.1 Å². The molecule has 0 spiro atoms. The minimum Gasteiger partial charge on any atom is -0.489 e. The summed E-state index contributed by atoms with van der Waals surface area (Å²) in [6.07, 6.45) is -3.59. The molecular weight excluding hydrogens is 373 g/mol. The summed E-state index contributed by atoms with van der Waals surface area (Å²) in [5, 5.41) is 10.4. The number of alkyl halides is 3. The standard InChI is InChI=1S/C19H17F3N4O2/c1-10-11(2)28-17-13(10)4-3-5-14(17)18(27)23-8-16-25-24-15-7-6-12(9-26(15)16)19(20,21)22/h3-7,9-11H,8H2,1-2H3,(H,23,27). The van der Waals surface area contributed by atoms with Crippen molar-refractivity contribution >= 4 is 11.6 Å². The van der Waals surface area contributed by atoms with Crippen LogP contribution in [0.4, 0.5) is 13.2 Å². The SMILES string of the molecule is CC1Oc2c(C(=O)NCc3nnc4ccc(C(F)(F)F)cn34)cccc2C1C. The van der Waals surface area contributed by atoms with Crippen molar-refractivity contribution in [1.82, 2.24) is 19.9 Å². The summed E-state index contributed by atoms with van der Waals surface area (Å²) in [6, 6.07) is 7.54. The molecule has 1 aliphatic heterocycles.